The zero-order valence-electron chi connectivity index (χ0n) is 10.4. The third-order valence-electron chi connectivity index (χ3n) is 3.12. The van der Waals surface area contributed by atoms with Gasteiger partial charge in [0.25, 0.3) is 5.69 Å². The molecule has 0 spiro atoms. The summed E-state index contributed by atoms with van der Waals surface area (Å²) in [5.41, 5.74) is 1.60. The number of fused-ring (bicyclic) bond motifs is 1. The molecule has 3 aromatic rings. The van der Waals surface area contributed by atoms with Crippen LogP contribution in [0, 0.1) is 10.1 Å². The number of hydrogen-bond acceptors (Lipinski definition) is 4. The standard InChI is InChI=1S/C14H11N3O3/c18-9-10-5-6-13(14(7-10)17(19)20)16-12-4-2-1-3-11(12)8-15-16/h1-8,18H,9H2. The fourth-order valence-electron chi connectivity index (χ4n) is 2.16. The zero-order chi connectivity index (χ0) is 14.1. The molecule has 1 N–H and O–H groups in total. The Balaban J connectivity index is 2.26. The average molecular weight is 269 g/mol. The zero-order valence-corrected chi connectivity index (χ0v) is 10.4. The fourth-order valence-corrected chi connectivity index (χ4v) is 2.16. The van der Waals surface area contributed by atoms with Gasteiger partial charge in [-0.15, -0.1) is 0 Å². The van der Waals surface area contributed by atoms with Gasteiger partial charge in [0.2, 0.25) is 0 Å². The van der Waals surface area contributed by atoms with Crippen molar-refractivity contribution in [1.29, 1.82) is 0 Å². The van der Waals surface area contributed by atoms with Gasteiger partial charge in [0.15, 0.2) is 0 Å². The van der Waals surface area contributed by atoms with Crippen molar-refractivity contribution >= 4 is 16.6 Å². The minimum absolute atomic E-state index is 0.0783. The monoisotopic (exact) mass is 269 g/mol. The van der Waals surface area contributed by atoms with Crippen LogP contribution in [0.3, 0.4) is 0 Å². The highest BCUT2D eigenvalue weighted by Gasteiger charge is 2.18. The molecule has 2 aromatic carbocycles. The summed E-state index contributed by atoms with van der Waals surface area (Å²) in [5, 5.41) is 25.4. The van der Waals surface area contributed by atoms with E-state index in [4.69, 9.17) is 5.11 Å². The molecule has 1 heterocycles. The lowest BCUT2D eigenvalue weighted by Crippen LogP contribution is -2.02. The maximum atomic E-state index is 11.2. The van der Waals surface area contributed by atoms with Crippen molar-refractivity contribution in [3.63, 3.8) is 0 Å². The van der Waals surface area contributed by atoms with Crippen LogP contribution in [-0.4, -0.2) is 19.8 Å². The van der Waals surface area contributed by atoms with Gasteiger partial charge in [-0.25, -0.2) is 4.68 Å². The molecule has 6 heteroatoms. The van der Waals surface area contributed by atoms with Gasteiger partial charge in [-0.1, -0.05) is 24.3 Å². The second-order valence-corrected chi connectivity index (χ2v) is 4.35. The third-order valence-corrected chi connectivity index (χ3v) is 3.12. The Labute approximate surface area is 114 Å². The minimum Gasteiger partial charge on any atom is -0.392 e. The normalized spacial score (nSPS) is 10.8. The van der Waals surface area contributed by atoms with Crippen LogP contribution in [0.2, 0.25) is 0 Å². The number of nitro benzene ring substituents is 1. The van der Waals surface area contributed by atoms with Crippen molar-refractivity contribution in [1.82, 2.24) is 9.78 Å². The van der Waals surface area contributed by atoms with Gasteiger partial charge in [0.1, 0.15) is 5.69 Å². The van der Waals surface area contributed by atoms with Gasteiger partial charge in [0.05, 0.1) is 23.2 Å². The molecule has 0 fully saturated rings. The van der Waals surface area contributed by atoms with Crippen LogP contribution in [0.15, 0.2) is 48.7 Å². The number of nitro groups is 1. The quantitative estimate of drug-likeness (QED) is 0.584. The van der Waals surface area contributed by atoms with E-state index in [1.165, 1.54) is 10.7 Å². The molecule has 0 aliphatic carbocycles. The van der Waals surface area contributed by atoms with E-state index < -0.39 is 4.92 Å². The molecule has 0 unspecified atom stereocenters. The van der Waals surface area contributed by atoms with Gasteiger partial charge in [0, 0.05) is 11.5 Å². The largest absolute Gasteiger partial charge is 0.392 e. The first-order valence-corrected chi connectivity index (χ1v) is 6.02. The van der Waals surface area contributed by atoms with E-state index in [0.717, 1.165) is 10.9 Å². The number of hydrogen-bond donors (Lipinski definition) is 1. The molecule has 0 atom stereocenters. The fraction of sp³-hybridized carbons (Fsp3) is 0.0714. The Morgan fingerprint density at radius 2 is 2.05 bits per heavy atom. The second-order valence-electron chi connectivity index (χ2n) is 4.35. The van der Waals surface area contributed by atoms with Crippen molar-refractivity contribution in [2.75, 3.05) is 0 Å². The molecule has 0 saturated heterocycles. The highest BCUT2D eigenvalue weighted by Crippen LogP contribution is 2.27. The predicted molar refractivity (Wildman–Crippen MR) is 73.6 cm³/mol. The summed E-state index contributed by atoms with van der Waals surface area (Å²) in [4.78, 5) is 10.7. The van der Waals surface area contributed by atoms with Crippen molar-refractivity contribution in [3.8, 4) is 5.69 Å². The smallest absolute Gasteiger partial charge is 0.295 e. The van der Waals surface area contributed by atoms with Crippen LogP contribution >= 0.6 is 0 Å². The SMILES string of the molecule is O=[N+]([O-])c1cc(CO)ccc1-n1ncc2ccccc21. The Bertz CT molecular complexity index is 795. The molecular weight excluding hydrogens is 258 g/mol. The van der Waals surface area contributed by atoms with E-state index in [1.807, 2.05) is 24.3 Å². The van der Waals surface area contributed by atoms with Gasteiger partial charge in [-0.3, -0.25) is 10.1 Å². The first kappa shape index (κ1) is 12.3. The maximum Gasteiger partial charge on any atom is 0.295 e. The predicted octanol–water partition coefficient (Wildman–Crippen LogP) is 2.43. The molecule has 20 heavy (non-hydrogen) atoms. The number of rotatable bonds is 3. The van der Waals surface area contributed by atoms with E-state index in [1.54, 1.807) is 18.3 Å². The number of nitrogens with zero attached hydrogens (tertiary/aromatic N) is 3. The molecule has 0 radical (unpaired) electrons. The summed E-state index contributed by atoms with van der Waals surface area (Å²) in [6.07, 6.45) is 1.67. The lowest BCUT2D eigenvalue weighted by Gasteiger charge is -2.06. The number of para-hydroxylation sites is 1. The summed E-state index contributed by atoms with van der Waals surface area (Å²) >= 11 is 0. The van der Waals surface area contributed by atoms with Crippen LogP contribution in [0.25, 0.3) is 16.6 Å². The van der Waals surface area contributed by atoms with E-state index in [0.29, 0.717) is 11.3 Å². The maximum absolute atomic E-state index is 11.2. The van der Waals surface area contributed by atoms with Gasteiger partial charge in [-0.05, 0) is 17.7 Å². The molecule has 0 aliphatic heterocycles. The van der Waals surface area contributed by atoms with Crippen LogP contribution in [0.1, 0.15) is 5.56 Å². The summed E-state index contributed by atoms with van der Waals surface area (Å²) in [6.45, 7) is -0.235. The van der Waals surface area contributed by atoms with Crippen molar-refractivity contribution in [2.24, 2.45) is 0 Å². The molecule has 0 aliphatic rings. The highest BCUT2D eigenvalue weighted by molar-refractivity contribution is 5.81. The van der Waals surface area contributed by atoms with Gasteiger partial charge < -0.3 is 5.11 Å². The Kier molecular flexibility index (Phi) is 2.92. The molecule has 0 saturated carbocycles. The molecule has 100 valence electrons. The third kappa shape index (κ3) is 1.92. The average Bonchev–Trinajstić information content (AvgIpc) is 2.90. The van der Waals surface area contributed by atoms with Crippen LogP contribution in [-0.2, 0) is 6.61 Å². The van der Waals surface area contributed by atoms with Crippen LogP contribution in [0.4, 0.5) is 5.69 Å². The molecule has 6 nitrogen and oxygen atoms in total. The second kappa shape index (κ2) is 4.75. The van der Waals surface area contributed by atoms with Crippen molar-refractivity contribution in [2.45, 2.75) is 6.61 Å². The first-order chi connectivity index (χ1) is 9.70. The first-order valence-electron chi connectivity index (χ1n) is 6.02. The molecular formula is C14H11N3O3. The molecule has 0 amide bonds. The van der Waals surface area contributed by atoms with Crippen LogP contribution < -0.4 is 0 Å². The summed E-state index contributed by atoms with van der Waals surface area (Å²) < 4.78 is 1.54. The van der Waals surface area contributed by atoms with Gasteiger partial charge in [-0.2, -0.15) is 5.10 Å². The van der Waals surface area contributed by atoms with Crippen molar-refractivity contribution in [3.05, 3.63) is 64.3 Å². The Morgan fingerprint density at radius 3 is 2.80 bits per heavy atom. The molecule has 0 bridgehead atoms. The lowest BCUT2D eigenvalue weighted by molar-refractivity contribution is -0.384. The van der Waals surface area contributed by atoms with Crippen LogP contribution in [0.5, 0.6) is 0 Å². The van der Waals surface area contributed by atoms with Gasteiger partial charge >= 0.3 is 0 Å². The number of aromatic nitrogens is 2. The molecule has 1 aromatic heterocycles. The summed E-state index contributed by atoms with van der Waals surface area (Å²) in [5.74, 6) is 0. The van der Waals surface area contributed by atoms with Crippen molar-refractivity contribution < 1.29 is 10.0 Å². The lowest BCUT2D eigenvalue weighted by atomic mass is 10.1. The number of aliphatic hydroxyl groups is 1. The summed E-state index contributed by atoms with van der Waals surface area (Å²) in [6, 6.07) is 12.1. The summed E-state index contributed by atoms with van der Waals surface area (Å²) in [7, 11) is 0. The van der Waals surface area contributed by atoms with E-state index in [2.05, 4.69) is 5.10 Å². The number of aliphatic hydroxyl groups excluding tert-OH is 1. The number of benzene rings is 2. The van der Waals surface area contributed by atoms with E-state index in [-0.39, 0.29) is 12.3 Å². The highest BCUT2D eigenvalue weighted by atomic mass is 16.6. The van der Waals surface area contributed by atoms with E-state index in [9.17, 15) is 10.1 Å². The van der Waals surface area contributed by atoms with E-state index >= 15 is 0 Å². The molecule has 3 rings (SSSR count). The minimum atomic E-state index is -0.467. The topological polar surface area (TPSA) is 81.2 Å². The Morgan fingerprint density at radius 1 is 1.25 bits per heavy atom. The Hall–Kier alpha value is -2.73.